The fourth-order valence-corrected chi connectivity index (χ4v) is 5.96. The van der Waals surface area contributed by atoms with E-state index in [1.165, 1.54) is 37.4 Å². The van der Waals surface area contributed by atoms with Crippen LogP contribution in [0.3, 0.4) is 0 Å². The van der Waals surface area contributed by atoms with E-state index < -0.39 is 8.32 Å². The van der Waals surface area contributed by atoms with Crippen molar-refractivity contribution in [2.75, 3.05) is 0 Å². The number of hydrogen-bond donors (Lipinski definition) is 0. The van der Waals surface area contributed by atoms with E-state index in [0.29, 0.717) is 0 Å². The predicted molar refractivity (Wildman–Crippen MR) is 85.6 cm³/mol. The van der Waals surface area contributed by atoms with Crippen molar-refractivity contribution in [3.05, 3.63) is 12.7 Å². The second-order valence-corrected chi connectivity index (χ2v) is 10.2. The maximum Gasteiger partial charge on any atom is 0.192 e. The van der Waals surface area contributed by atoms with Gasteiger partial charge in [-0.05, 0) is 37.4 Å². The molecule has 2 heteroatoms. The van der Waals surface area contributed by atoms with Crippen LogP contribution in [0, 0.1) is 0 Å². The summed E-state index contributed by atoms with van der Waals surface area (Å²) in [7, 11) is -1.51. The molecule has 0 aromatic heterocycles. The Balaban J connectivity index is 4.98. The summed E-state index contributed by atoms with van der Waals surface area (Å²) in [5.41, 5.74) is 0.0754. The molecule has 0 aromatic rings. The largest absolute Gasteiger partial charge is 0.411 e. The molecule has 18 heavy (non-hydrogen) atoms. The summed E-state index contributed by atoms with van der Waals surface area (Å²) >= 11 is 0. The number of rotatable bonds is 11. The highest BCUT2D eigenvalue weighted by molar-refractivity contribution is 6.73. The van der Waals surface area contributed by atoms with Crippen molar-refractivity contribution in [2.45, 2.75) is 90.5 Å². The number of hydrogen-bond acceptors (Lipinski definition) is 1. The molecule has 0 bridgehead atoms. The molecule has 1 unspecified atom stereocenters. The molecule has 1 nitrogen and oxygen atoms in total. The summed E-state index contributed by atoms with van der Waals surface area (Å²) in [5.74, 6) is 0. The van der Waals surface area contributed by atoms with Crippen LogP contribution in [0.25, 0.3) is 0 Å². The Morgan fingerprint density at radius 1 is 1.06 bits per heavy atom. The third kappa shape index (κ3) is 4.89. The van der Waals surface area contributed by atoms with Crippen LogP contribution in [0.4, 0.5) is 0 Å². The molecule has 0 aliphatic heterocycles. The van der Waals surface area contributed by atoms with Gasteiger partial charge in [0, 0.05) is 0 Å². The van der Waals surface area contributed by atoms with Gasteiger partial charge in [-0.2, -0.15) is 0 Å². The van der Waals surface area contributed by atoms with Crippen LogP contribution in [0.5, 0.6) is 0 Å². The van der Waals surface area contributed by atoms with Gasteiger partial charge in [-0.1, -0.05) is 53.5 Å². The molecule has 0 amide bonds. The first-order chi connectivity index (χ1) is 8.57. The van der Waals surface area contributed by atoms with Crippen molar-refractivity contribution in [2.24, 2.45) is 0 Å². The Kier molecular flexibility index (Phi) is 8.88. The third-order valence-electron chi connectivity index (χ3n) is 4.51. The molecule has 0 aliphatic rings. The Hall–Kier alpha value is -0.0831. The lowest BCUT2D eigenvalue weighted by Crippen LogP contribution is -2.47. The molecule has 0 saturated carbocycles. The molecule has 0 aromatic carbocycles. The van der Waals surface area contributed by atoms with Gasteiger partial charge in [0.15, 0.2) is 8.32 Å². The summed E-state index contributed by atoms with van der Waals surface area (Å²) < 4.78 is 6.83. The summed E-state index contributed by atoms with van der Waals surface area (Å²) in [6, 6.07) is 3.72. The fraction of sp³-hybridized carbons (Fsp3) is 0.875. The second-order valence-electron chi connectivity index (χ2n) is 5.48. The first-order valence-electron chi connectivity index (χ1n) is 7.88. The molecule has 0 saturated heterocycles. The smallest absolute Gasteiger partial charge is 0.192 e. The van der Waals surface area contributed by atoms with Gasteiger partial charge in [0.2, 0.25) is 0 Å². The van der Waals surface area contributed by atoms with Crippen molar-refractivity contribution in [1.82, 2.24) is 0 Å². The highest BCUT2D eigenvalue weighted by Crippen LogP contribution is 2.35. The van der Waals surface area contributed by atoms with Crippen molar-refractivity contribution in [3.63, 3.8) is 0 Å². The van der Waals surface area contributed by atoms with Gasteiger partial charge >= 0.3 is 0 Å². The molecule has 0 heterocycles. The van der Waals surface area contributed by atoms with Crippen LogP contribution < -0.4 is 0 Å². The second kappa shape index (κ2) is 8.92. The average Bonchev–Trinajstić information content (AvgIpc) is 2.42. The maximum absolute atomic E-state index is 6.83. The molecule has 0 fully saturated rings. The Morgan fingerprint density at radius 2 is 1.61 bits per heavy atom. The highest BCUT2D eigenvalue weighted by atomic mass is 28.4. The lowest BCUT2D eigenvalue weighted by Gasteiger charge is -2.42. The van der Waals surface area contributed by atoms with Crippen molar-refractivity contribution >= 4 is 8.32 Å². The minimum absolute atomic E-state index is 0.0754. The molecule has 0 aliphatic carbocycles. The van der Waals surface area contributed by atoms with Crippen LogP contribution >= 0.6 is 0 Å². The lowest BCUT2D eigenvalue weighted by atomic mass is 9.90. The van der Waals surface area contributed by atoms with Crippen molar-refractivity contribution in [3.8, 4) is 0 Å². The Bertz CT molecular complexity index is 215. The first kappa shape index (κ1) is 17.9. The van der Waals surface area contributed by atoms with E-state index >= 15 is 0 Å². The standard InChI is InChI=1S/C16H34OSi/c1-7-13-15-16(9-3,14-8-2)17-18(10-4,11-5)12-6/h8H,2,7,9-15H2,1,3-6H3. The summed E-state index contributed by atoms with van der Waals surface area (Å²) in [6.45, 7) is 15.4. The molecule has 108 valence electrons. The molecule has 0 spiro atoms. The summed E-state index contributed by atoms with van der Waals surface area (Å²) in [6.07, 6.45) is 7.90. The van der Waals surface area contributed by atoms with E-state index in [-0.39, 0.29) is 5.60 Å². The van der Waals surface area contributed by atoms with E-state index in [2.05, 4.69) is 47.3 Å². The minimum Gasteiger partial charge on any atom is -0.411 e. The van der Waals surface area contributed by atoms with Crippen LogP contribution in [0.2, 0.25) is 18.1 Å². The summed E-state index contributed by atoms with van der Waals surface area (Å²) in [4.78, 5) is 0. The Morgan fingerprint density at radius 3 is 1.94 bits per heavy atom. The number of unbranched alkanes of at least 4 members (excludes halogenated alkanes) is 1. The van der Waals surface area contributed by atoms with Gasteiger partial charge in [0.25, 0.3) is 0 Å². The molecular formula is C16H34OSi. The zero-order chi connectivity index (χ0) is 14.1. The van der Waals surface area contributed by atoms with E-state index in [0.717, 1.165) is 12.8 Å². The van der Waals surface area contributed by atoms with Crippen molar-refractivity contribution < 1.29 is 4.43 Å². The molecule has 0 radical (unpaired) electrons. The van der Waals surface area contributed by atoms with Gasteiger partial charge < -0.3 is 4.43 Å². The minimum atomic E-state index is -1.51. The zero-order valence-electron chi connectivity index (χ0n) is 13.3. The van der Waals surface area contributed by atoms with E-state index in [1.807, 2.05) is 0 Å². The fourth-order valence-electron chi connectivity index (χ4n) is 2.78. The van der Waals surface area contributed by atoms with Gasteiger partial charge in [-0.3, -0.25) is 0 Å². The normalized spacial score (nSPS) is 15.4. The third-order valence-corrected chi connectivity index (χ3v) is 9.24. The monoisotopic (exact) mass is 270 g/mol. The van der Waals surface area contributed by atoms with E-state index in [1.54, 1.807) is 0 Å². The molecule has 0 rings (SSSR count). The van der Waals surface area contributed by atoms with Gasteiger partial charge in [-0.15, -0.1) is 6.58 Å². The summed E-state index contributed by atoms with van der Waals surface area (Å²) in [5, 5.41) is 0. The zero-order valence-corrected chi connectivity index (χ0v) is 14.3. The van der Waals surface area contributed by atoms with Crippen LogP contribution in [0.15, 0.2) is 12.7 Å². The topological polar surface area (TPSA) is 9.23 Å². The maximum atomic E-state index is 6.83. The first-order valence-corrected chi connectivity index (χ1v) is 10.4. The van der Waals surface area contributed by atoms with Gasteiger partial charge in [0.05, 0.1) is 5.60 Å². The van der Waals surface area contributed by atoms with Crippen LogP contribution in [-0.2, 0) is 4.43 Å². The van der Waals surface area contributed by atoms with E-state index in [4.69, 9.17) is 4.43 Å². The van der Waals surface area contributed by atoms with Crippen molar-refractivity contribution in [1.29, 1.82) is 0 Å². The average molecular weight is 271 g/mol. The lowest BCUT2D eigenvalue weighted by molar-refractivity contribution is 0.0434. The molecular weight excluding hydrogens is 236 g/mol. The Labute approximate surface area is 116 Å². The van der Waals surface area contributed by atoms with Crippen LogP contribution in [0.1, 0.15) is 66.7 Å². The SMILES string of the molecule is C=CCC(CC)(CCCC)O[Si](CC)(CC)CC. The highest BCUT2D eigenvalue weighted by Gasteiger charge is 2.38. The van der Waals surface area contributed by atoms with Crippen LogP contribution in [-0.4, -0.2) is 13.9 Å². The van der Waals surface area contributed by atoms with Gasteiger partial charge in [-0.25, -0.2) is 0 Å². The molecule has 1 atom stereocenters. The van der Waals surface area contributed by atoms with E-state index in [9.17, 15) is 0 Å². The predicted octanol–water partition coefficient (Wildman–Crippen LogP) is 5.92. The van der Waals surface area contributed by atoms with Gasteiger partial charge in [0.1, 0.15) is 0 Å². The molecule has 0 N–H and O–H groups in total. The quantitative estimate of drug-likeness (QED) is 0.334.